The van der Waals surface area contributed by atoms with Crippen molar-refractivity contribution in [2.45, 2.75) is 30.6 Å². The number of hydrogen-bond donors (Lipinski definition) is 1. The van der Waals surface area contributed by atoms with Gasteiger partial charge in [-0.3, -0.25) is 0 Å². The first-order valence-electron chi connectivity index (χ1n) is 6.56. The van der Waals surface area contributed by atoms with Crippen molar-refractivity contribution in [1.82, 2.24) is 4.31 Å². The number of rotatable bonds is 3. The minimum atomic E-state index is -3.92. The van der Waals surface area contributed by atoms with Gasteiger partial charge in [-0.25, -0.2) is 17.6 Å². The number of nitrogens with zero attached hydrogens (tertiary/aromatic N) is 1. The van der Waals surface area contributed by atoms with Crippen LogP contribution in [0.3, 0.4) is 0 Å². The molecule has 1 N–H and O–H groups in total. The molecule has 1 saturated heterocycles. The first kappa shape index (κ1) is 16.2. The van der Waals surface area contributed by atoms with Crippen LogP contribution in [0.1, 0.15) is 36.0 Å². The fraction of sp³-hybridized carbons (Fsp3) is 0.462. The van der Waals surface area contributed by atoms with Gasteiger partial charge in [0.1, 0.15) is 10.7 Å². The smallest absolute Gasteiger partial charge is 0.338 e. The molecule has 2 rings (SSSR count). The average molecular weight is 336 g/mol. The van der Waals surface area contributed by atoms with E-state index in [9.17, 15) is 17.6 Å². The zero-order chi connectivity index (χ0) is 15.6. The Morgan fingerprint density at radius 3 is 2.29 bits per heavy atom. The van der Waals surface area contributed by atoms with Crippen molar-refractivity contribution in [2.24, 2.45) is 0 Å². The van der Waals surface area contributed by atoms with E-state index in [1.165, 1.54) is 4.31 Å². The molecule has 0 unspecified atom stereocenters. The first-order chi connectivity index (χ1) is 9.84. The predicted molar refractivity (Wildman–Crippen MR) is 75.6 cm³/mol. The number of benzene rings is 1. The van der Waals surface area contributed by atoms with Gasteiger partial charge in [0.05, 0.1) is 10.6 Å². The van der Waals surface area contributed by atoms with Crippen molar-refractivity contribution in [3.8, 4) is 0 Å². The normalized spacial score (nSPS) is 17.4. The van der Waals surface area contributed by atoms with Crippen LogP contribution in [0.25, 0.3) is 0 Å². The van der Waals surface area contributed by atoms with Gasteiger partial charge in [-0.2, -0.15) is 4.31 Å². The number of sulfonamides is 1. The third-order valence-corrected chi connectivity index (χ3v) is 5.80. The molecule has 0 aromatic heterocycles. The van der Waals surface area contributed by atoms with Crippen LogP contribution < -0.4 is 0 Å². The molecule has 1 aliphatic rings. The highest BCUT2D eigenvalue weighted by molar-refractivity contribution is 7.89. The highest BCUT2D eigenvalue weighted by atomic mass is 35.5. The summed E-state index contributed by atoms with van der Waals surface area (Å²) in [7, 11) is -3.92. The Balaban J connectivity index is 2.48. The monoisotopic (exact) mass is 335 g/mol. The Labute approximate surface area is 127 Å². The summed E-state index contributed by atoms with van der Waals surface area (Å²) < 4.78 is 39.9. The first-order valence-corrected chi connectivity index (χ1v) is 8.38. The van der Waals surface area contributed by atoms with Gasteiger partial charge in [0.2, 0.25) is 10.0 Å². The van der Waals surface area contributed by atoms with E-state index in [1.54, 1.807) is 0 Å². The minimum absolute atomic E-state index is 0.304. The van der Waals surface area contributed by atoms with E-state index in [-0.39, 0.29) is 9.92 Å². The molecule has 0 amide bonds. The van der Waals surface area contributed by atoms with Crippen molar-refractivity contribution in [1.29, 1.82) is 0 Å². The maximum Gasteiger partial charge on any atom is 0.338 e. The summed E-state index contributed by atoms with van der Waals surface area (Å²) in [5.41, 5.74) is -0.701. The third kappa shape index (κ3) is 3.36. The largest absolute Gasteiger partial charge is 0.478 e. The second-order valence-corrected chi connectivity index (χ2v) is 7.20. The van der Waals surface area contributed by atoms with E-state index in [4.69, 9.17) is 16.7 Å². The van der Waals surface area contributed by atoms with E-state index >= 15 is 0 Å². The molecule has 0 atom stereocenters. The van der Waals surface area contributed by atoms with Crippen molar-refractivity contribution in [3.05, 3.63) is 28.5 Å². The molecule has 1 aliphatic heterocycles. The molecule has 5 nitrogen and oxygen atoms in total. The summed E-state index contributed by atoms with van der Waals surface area (Å²) >= 11 is 5.81. The van der Waals surface area contributed by atoms with Gasteiger partial charge in [-0.15, -0.1) is 0 Å². The summed E-state index contributed by atoms with van der Waals surface area (Å²) in [6.45, 7) is 0.719. The second kappa shape index (κ2) is 6.29. The van der Waals surface area contributed by atoms with Crippen LogP contribution in [-0.2, 0) is 10.0 Å². The second-order valence-electron chi connectivity index (χ2n) is 4.89. The van der Waals surface area contributed by atoms with Gasteiger partial charge in [0.25, 0.3) is 0 Å². The van der Waals surface area contributed by atoms with Crippen molar-refractivity contribution < 1.29 is 22.7 Å². The zero-order valence-corrected chi connectivity index (χ0v) is 12.8. The minimum Gasteiger partial charge on any atom is -0.478 e. The fourth-order valence-electron chi connectivity index (χ4n) is 2.31. The third-order valence-electron chi connectivity index (χ3n) is 3.43. The molecule has 0 radical (unpaired) electrons. The number of halogens is 2. The van der Waals surface area contributed by atoms with Crippen LogP contribution >= 0.6 is 11.6 Å². The van der Waals surface area contributed by atoms with Gasteiger partial charge in [-0.05, 0) is 25.0 Å². The van der Waals surface area contributed by atoms with Gasteiger partial charge < -0.3 is 5.11 Å². The number of carbonyl (C=O) groups is 1. The summed E-state index contributed by atoms with van der Waals surface area (Å²) in [5, 5.41) is 8.61. The Morgan fingerprint density at radius 1 is 1.19 bits per heavy atom. The molecule has 8 heteroatoms. The van der Waals surface area contributed by atoms with Crippen LogP contribution in [0.5, 0.6) is 0 Å². The van der Waals surface area contributed by atoms with Crippen LogP contribution in [0.2, 0.25) is 5.02 Å². The van der Waals surface area contributed by atoms with Gasteiger partial charge in [0.15, 0.2) is 0 Å². The Hall–Kier alpha value is -1.18. The van der Waals surface area contributed by atoms with E-state index in [0.29, 0.717) is 13.1 Å². The molecule has 0 aliphatic carbocycles. The lowest BCUT2D eigenvalue weighted by Gasteiger charge is -2.20. The van der Waals surface area contributed by atoms with Crippen LogP contribution in [0.15, 0.2) is 17.0 Å². The lowest BCUT2D eigenvalue weighted by molar-refractivity contribution is 0.0691. The molecular weight excluding hydrogens is 321 g/mol. The predicted octanol–water partition coefficient (Wildman–Crippen LogP) is 2.74. The average Bonchev–Trinajstić information content (AvgIpc) is 2.67. The highest BCUT2D eigenvalue weighted by Crippen LogP contribution is 2.29. The molecule has 0 bridgehead atoms. The summed E-state index contributed by atoms with van der Waals surface area (Å²) in [4.78, 5) is 10.6. The van der Waals surface area contributed by atoms with Crippen molar-refractivity contribution >= 4 is 27.6 Å². The molecule has 1 aromatic carbocycles. The number of aromatic carboxylic acids is 1. The number of carboxylic acids is 1. The van der Waals surface area contributed by atoms with Crippen LogP contribution in [-0.4, -0.2) is 36.9 Å². The van der Waals surface area contributed by atoms with Crippen LogP contribution in [0, 0.1) is 5.82 Å². The lowest BCUT2D eigenvalue weighted by atomic mass is 10.2. The standard InChI is InChI=1S/C13H15ClFNO4S/c14-10-8-11(15)9(13(17)18)7-12(10)21(19,20)16-5-3-1-2-4-6-16/h7-8H,1-6H2,(H,17,18). The Kier molecular flexibility index (Phi) is 4.85. The quantitative estimate of drug-likeness (QED) is 0.921. The number of hydrogen-bond acceptors (Lipinski definition) is 3. The molecule has 1 heterocycles. The van der Waals surface area contributed by atoms with E-state index < -0.39 is 27.4 Å². The highest BCUT2D eigenvalue weighted by Gasteiger charge is 2.29. The SMILES string of the molecule is O=C(O)c1cc(S(=O)(=O)N2CCCCCC2)c(Cl)cc1F. The lowest BCUT2D eigenvalue weighted by Crippen LogP contribution is -2.32. The maximum absolute atomic E-state index is 13.5. The zero-order valence-electron chi connectivity index (χ0n) is 11.2. The molecule has 1 aromatic rings. The fourth-order valence-corrected chi connectivity index (χ4v) is 4.34. The van der Waals surface area contributed by atoms with E-state index in [2.05, 4.69) is 0 Å². The Morgan fingerprint density at radius 2 is 1.76 bits per heavy atom. The van der Waals surface area contributed by atoms with Gasteiger partial charge >= 0.3 is 5.97 Å². The van der Waals surface area contributed by atoms with Crippen LogP contribution in [0.4, 0.5) is 4.39 Å². The van der Waals surface area contributed by atoms with E-state index in [0.717, 1.165) is 37.8 Å². The molecule has 1 fully saturated rings. The summed E-state index contributed by atoms with van der Waals surface area (Å²) in [6.07, 6.45) is 3.38. The van der Waals surface area contributed by atoms with Crippen molar-refractivity contribution in [2.75, 3.05) is 13.1 Å². The Bertz CT molecular complexity index is 654. The molecular formula is C13H15ClFNO4S. The number of carboxylic acid groups (broad SMARTS) is 1. The van der Waals surface area contributed by atoms with Crippen molar-refractivity contribution in [3.63, 3.8) is 0 Å². The van der Waals surface area contributed by atoms with E-state index in [1.807, 2.05) is 0 Å². The maximum atomic E-state index is 13.5. The molecule has 0 spiro atoms. The van der Waals surface area contributed by atoms with Gasteiger partial charge in [0, 0.05) is 13.1 Å². The van der Waals surface area contributed by atoms with Gasteiger partial charge in [-0.1, -0.05) is 24.4 Å². The summed E-state index contributed by atoms with van der Waals surface area (Å²) in [5.74, 6) is -2.58. The molecule has 21 heavy (non-hydrogen) atoms. The summed E-state index contributed by atoms with van der Waals surface area (Å²) in [6, 6.07) is 1.52. The topological polar surface area (TPSA) is 74.7 Å². The molecule has 0 saturated carbocycles. The molecule has 116 valence electrons.